The van der Waals surface area contributed by atoms with Crippen LogP contribution in [0.3, 0.4) is 0 Å². The first-order valence-electron chi connectivity index (χ1n) is 14.0. The first kappa shape index (κ1) is 28.2. The van der Waals surface area contributed by atoms with E-state index in [1.54, 1.807) is 24.3 Å². The molecule has 2 heterocycles. The van der Waals surface area contributed by atoms with Gasteiger partial charge in [0.25, 0.3) is 0 Å². The zero-order valence-corrected chi connectivity index (χ0v) is 25.1. The number of aromatic nitrogens is 2. The number of hydrogen-bond donors (Lipinski definition) is 2. The van der Waals surface area contributed by atoms with Crippen molar-refractivity contribution in [2.45, 2.75) is 19.0 Å². The fourth-order valence-corrected chi connectivity index (χ4v) is 7.28. The number of anilines is 2. The molecule has 0 amide bonds. The lowest BCUT2D eigenvalue weighted by atomic mass is 9.95. The topological polar surface area (TPSA) is 109 Å². The molecule has 0 radical (unpaired) electrons. The number of thiazole rings is 2. The highest BCUT2D eigenvalue weighted by atomic mass is 32.1. The minimum absolute atomic E-state index is 0.0203. The third-order valence-electron chi connectivity index (χ3n) is 7.88. The zero-order chi connectivity index (χ0) is 31.6. The molecule has 13 heteroatoms. The summed E-state index contributed by atoms with van der Waals surface area (Å²) < 4.78 is 44.6. The Bertz CT molecular complexity index is 2290. The van der Waals surface area contributed by atoms with Gasteiger partial charge < -0.3 is 0 Å². The van der Waals surface area contributed by atoms with Crippen LogP contribution in [0.2, 0.25) is 0 Å². The van der Waals surface area contributed by atoms with Crippen LogP contribution in [0, 0.1) is 0 Å². The highest BCUT2D eigenvalue weighted by molar-refractivity contribution is 7.22. The highest BCUT2D eigenvalue weighted by Gasteiger charge is 2.40. The van der Waals surface area contributed by atoms with Gasteiger partial charge in [-0.15, -0.1) is 0 Å². The van der Waals surface area contributed by atoms with Gasteiger partial charge in [-0.25, -0.2) is 9.97 Å². The third-order valence-corrected chi connectivity index (χ3v) is 9.76. The van der Waals surface area contributed by atoms with E-state index in [-0.39, 0.29) is 34.6 Å². The van der Waals surface area contributed by atoms with E-state index in [0.717, 1.165) is 26.5 Å². The SMILES string of the molecule is O=C1/C(=N\Nc2nc3cc(-c4cc5c(c(C(F)(F)F)c4)C/C(=N/Nc4nc6ccccc6s4)C5=O)ccc3s2)Cc2ccccc21. The van der Waals surface area contributed by atoms with Gasteiger partial charge in [-0.1, -0.05) is 65.1 Å². The van der Waals surface area contributed by atoms with Gasteiger partial charge in [0.2, 0.25) is 21.8 Å². The lowest BCUT2D eigenvalue weighted by Gasteiger charge is -2.14. The van der Waals surface area contributed by atoms with E-state index >= 15 is 0 Å². The lowest BCUT2D eigenvalue weighted by molar-refractivity contribution is -0.138. The molecule has 8 rings (SSSR count). The largest absolute Gasteiger partial charge is 0.416 e. The minimum Gasteiger partial charge on any atom is -0.287 e. The van der Waals surface area contributed by atoms with Gasteiger partial charge in [0.05, 0.1) is 26.0 Å². The molecule has 2 aliphatic carbocycles. The summed E-state index contributed by atoms with van der Waals surface area (Å²) in [5.74, 6) is -0.709. The van der Waals surface area contributed by atoms with Crippen LogP contribution in [0.1, 0.15) is 37.4 Å². The molecule has 0 unspecified atom stereocenters. The number of nitrogens with one attached hydrogen (secondary N) is 2. The van der Waals surface area contributed by atoms with E-state index < -0.39 is 17.5 Å². The van der Waals surface area contributed by atoms with Gasteiger partial charge in [0.15, 0.2) is 0 Å². The molecule has 0 saturated heterocycles. The molecule has 4 aromatic carbocycles. The summed E-state index contributed by atoms with van der Waals surface area (Å²) in [6, 6.07) is 22.5. The summed E-state index contributed by atoms with van der Waals surface area (Å²) in [6.07, 6.45) is -4.52. The van der Waals surface area contributed by atoms with Gasteiger partial charge in [0, 0.05) is 24.0 Å². The number of benzene rings is 4. The summed E-state index contributed by atoms with van der Waals surface area (Å²) >= 11 is 2.63. The van der Waals surface area contributed by atoms with Crippen molar-refractivity contribution in [1.29, 1.82) is 0 Å². The summed E-state index contributed by atoms with van der Waals surface area (Å²) in [5, 5.41) is 9.32. The summed E-state index contributed by atoms with van der Waals surface area (Å²) in [5.41, 5.74) is 8.50. The number of carbonyl (C=O) groups is 2. The maximum absolute atomic E-state index is 14.3. The molecule has 226 valence electrons. The number of Topliss-reactive ketones (excluding diaryl/α,β-unsaturated/α-hetero) is 2. The van der Waals surface area contributed by atoms with Crippen LogP contribution in [-0.4, -0.2) is 33.0 Å². The molecular weight excluding hydrogens is 634 g/mol. The number of para-hydroxylation sites is 1. The van der Waals surface area contributed by atoms with Crippen molar-refractivity contribution in [2.24, 2.45) is 10.2 Å². The van der Waals surface area contributed by atoms with Crippen molar-refractivity contribution in [2.75, 3.05) is 10.9 Å². The molecule has 0 fully saturated rings. The Balaban J connectivity index is 1.08. The van der Waals surface area contributed by atoms with Gasteiger partial charge in [-0.05, 0) is 58.7 Å². The average molecular weight is 653 g/mol. The number of carbonyl (C=O) groups excluding carboxylic acids is 2. The molecule has 2 aromatic heterocycles. The number of nitrogens with zero attached hydrogens (tertiary/aromatic N) is 4. The fourth-order valence-electron chi connectivity index (χ4n) is 5.69. The summed E-state index contributed by atoms with van der Waals surface area (Å²) in [7, 11) is 0. The fraction of sp³-hybridized carbons (Fsp3) is 0.0909. The average Bonchev–Trinajstić information content (AvgIpc) is 3.81. The van der Waals surface area contributed by atoms with Crippen LogP contribution in [0.25, 0.3) is 31.6 Å². The number of halogens is 3. The molecule has 0 saturated carbocycles. The van der Waals surface area contributed by atoms with Gasteiger partial charge in [-0.2, -0.15) is 23.4 Å². The number of hydrazone groups is 2. The molecule has 2 aliphatic rings. The van der Waals surface area contributed by atoms with Crippen LogP contribution in [0.4, 0.5) is 23.4 Å². The first-order valence-corrected chi connectivity index (χ1v) is 15.7. The predicted molar refractivity (Wildman–Crippen MR) is 174 cm³/mol. The second-order valence-electron chi connectivity index (χ2n) is 10.7. The molecule has 46 heavy (non-hydrogen) atoms. The van der Waals surface area contributed by atoms with Gasteiger partial charge >= 0.3 is 6.18 Å². The molecule has 0 bridgehead atoms. The molecular formula is C33H19F3N6O2S2. The van der Waals surface area contributed by atoms with Crippen molar-refractivity contribution in [3.63, 3.8) is 0 Å². The minimum atomic E-state index is -4.69. The maximum atomic E-state index is 14.3. The van der Waals surface area contributed by atoms with Crippen molar-refractivity contribution < 1.29 is 22.8 Å². The second kappa shape index (κ2) is 10.7. The number of fused-ring (bicyclic) bond motifs is 4. The van der Waals surface area contributed by atoms with Crippen molar-refractivity contribution in [3.8, 4) is 11.1 Å². The molecule has 2 N–H and O–H groups in total. The number of ketones is 2. The predicted octanol–water partition coefficient (Wildman–Crippen LogP) is 8.01. The van der Waals surface area contributed by atoms with Gasteiger partial charge in [-0.3, -0.25) is 20.4 Å². The highest BCUT2D eigenvalue weighted by Crippen LogP contribution is 2.41. The number of rotatable bonds is 5. The Labute approximate surface area is 266 Å². The van der Waals surface area contributed by atoms with Crippen LogP contribution in [0.5, 0.6) is 0 Å². The summed E-state index contributed by atoms with van der Waals surface area (Å²) in [6.45, 7) is 0. The molecule has 0 aliphatic heterocycles. The molecule has 6 aromatic rings. The van der Waals surface area contributed by atoms with E-state index in [1.165, 1.54) is 28.7 Å². The molecule has 0 atom stereocenters. The van der Waals surface area contributed by atoms with E-state index in [4.69, 9.17) is 0 Å². The van der Waals surface area contributed by atoms with Crippen LogP contribution >= 0.6 is 22.7 Å². The van der Waals surface area contributed by atoms with Crippen LogP contribution < -0.4 is 10.9 Å². The van der Waals surface area contributed by atoms with Crippen LogP contribution in [0.15, 0.2) is 89.1 Å². The number of alkyl halides is 3. The lowest BCUT2D eigenvalue weighted by Crippen LogP contribution is -2.10. The maximum Gasteiger partial charge on any atom is 0.416 e. The van der Waals surface area contributed by atoms with Gasteiger partial charge in [0.1, 0.15) is 11.4 Å². The van der Waals surface area contributed by atoms with Crippen molar-refractivity contribution >= 4 is 76.4 Å². The number of hydrogen-bond acceptors (Lipinski definition) is 10. The van der Waals surface area contributed by atoms with E-state index in [2.05, 4.69) is 31.0 Å². The van der Waals surface area contributed by atoms with E-state index in [1.807, 2.05) is 42.5 Å². The van der Waals surface area contributed by atoms with Crippen molar-refractivity contribution in [1.82, 2.24) is 9.97 Å². The zero-order valence-electron chi connectivity index (χ0n) is 23.5. The quantitative estimate of drug-likeness (QED) is 0.183. The van der Waals surface area contributed by atoms with Crippen LogP contribution in [-0.2, 0) is 19.0 Å². The Morgan fingerprint density at radius 2 is 1.33 bits per heavy atom. The summed E-state index contributed by atoms with van der Waals surface area (Å²) in [4.78, 5) is 34.9. The Morgan fingerprint density at radius 3 is 2.07 bits per heavy atom. The Morgan fingerprint density at radius 1 is 0.674 bits per heavy atom. The Hall–Kier alpha value is -5.27. The second-order valence-corrected chi connectivity index (χ2v) is 12.8. The Kier molecular flexibility index (Phi) is 6.55. The van der Waals surface area contributed by atoms with E-state index in [9.17, 15) is 22.8 Å². The van der Waals surface area contributed by atoms with Crippen molar-refractivity contribution in [3.05, 3.63) is 107 Å². The third kappa shape index (κ3) is 4.93. The molecule has 0 spiro atoms. The first-order chi connectivity index (χ1) is 22.2. The van der Waals surface area contributed by atoms with E-state index in [0.29, 0.717) is 39.0 Å². The standard InChI is InChI=1S/C33H19F3N6O2S2/c34-33(35,36)22-12-18(11-21-20(22)15-26(30(21)44)40-41-31-37-23-7-3-4-8-27(23)45-31)16-9-10-28-24(13-16)38-32(46-28)42-39-25-14-17-5-1-2-6-19(17)29(25)43/h1-13H,14-15H2,(H,37,41)(H,38,42)/b39-25-,40-26-. The monoisotopic (exact) mass is 652 g/mol. The smallest absolute Gasteiger partial charge is 0.287 e. The normalized spacial score (nSPS) is 16.2. The molecule has 8 nitrogen and oxygen atoms in total.